The van der Waals surface area contributed by atoms with Crippen molar-refractivity contribution in [2.24, 2.45) is 0 Å². The van der Waals surface area contributed by atoms with E-state index in [0.29, 0.717) is 0 Å². The van der Waals surface area contributed by atoms with Crippen molar-refractivity contribution in [3.63, 3.8) is 0 Å². The average molecular weight is 149 g/mol. The van der Waals surface area contributed by atoms with E-state index < -0.39 is 10.4 Å². The van der Waals surface area contributed by atoms with Crippen LogP contribution in [0.2, 0.25) is 0 Å². The second kappa shape index (κ2) is 4.32. The Morgan fingerprint density at radius 1 is 1.29 bits per heavy atom. The third-order valence-electron chi connectivity index (χ3n) is 0. The zero-order chi connectivity index (χ0) is 6.50. The van der Waals surface area contributed by atoms with Crippen LogP contribution in [0.15, 0.2) is 0 Å². The second-order valence-corrected chi connectivity index (χ2v) is 1.34. The molecule has 0 saturated heterocycles. The summed E-state index contributed by atoms with van der Waals surface area (Å²) < 4.78 is 31.6. The largest absolute Gasteiger partial charge is 0.394 e. The van der Waals surface area contributed by atoms with Gasteiger partial charge in [-0.15, -0.1) is 11.6 Å². The van der Waals surface area contributed by atoms with Gasteiger partial charge in [0, 0.05) is 6.38 Å². The molecule has 0 aliphatic rings. The summed E-state index contributed by atoms with van der Waals surface area (Å²) in [5.74, 6) is 0. The van der Waals surface area contributed by atoms with Crippen LogP contribution in [0.5, 0.6) is 0 Å². The van der Waals surface area contributed by atoms with E-state index in [4.69, 9.17) is 17.5 Å². The topological polar surface area (TPSA) is 74.6 Å². The van der Waals surface area contributed by atoms with Gasteiger partial charge in [0.1, 0.15) is 0 Å². The van der Waals surface area contributed by atoms with Gasteiger partial charge in [0.05, 0.1) is 0 Å². The van der Waals surface area contributed by atoms with Gasteiger partial charge >= 0.3 is 10.4 Å². The van der Waals surface area contributed by atoms with E-state index in [0.717, 1.165) is 0 Å². The Bertz CT molecular complexity index is 94.9. The van der Waals surface area contributed by atoms with Crippen molar-refractivity contribution in [3.8, 4) is 0 Å². The van der Waals surface area contributed by atoms with Crippen molar-refractivity contribution < 1.29 is 17.5 Å². The summed E-state index contributed by atoms with van der Waals surface area (Å²) in [4.78, 5) is 0. The van der Waals surface area contributed by atoms with Gasteiger partial charge in [0.25, 0.3) is 0 Å². The van der Waals surface area contributed by atoms with Gasteiger partial charge in [-0.3, -0.25) is 9.11 Å². The predicted molar refractivity (Wildman–Crippen MR) is 26.0 cm³/mol. The van der Waals surface area contributed by atoms with Crippen LogP contribution in [0.4, 0.5) is 0 Å². The van der Waals surface area contributed by atoms with E-state index in [1.807, 2.05) is 0 Å². The standard InChI is InChI=1S/CH3Cl.H2O4S/c1-2;1-5(2,3)4/h1H3;(H2,1,2,3,4). The molecule has 0 atom stereocenters. The summed E-state index contributed by atoms with van der Waals surface area (Å²) in [6.07, 6.45) is 1.47. The van der Waals surface area contributed by atoms with Crippen LogP contribution < -0.4 is 0 Å². The lowest BCUT2D eigenvalue weighted by molar-refractivity contribution is 0.381. The molecule has 0 heterocycles. The molecular formula is CH5ClO4S. The summed E-state index contributed by atoms with van der Waals surface area (Å²) in [7, 11) is -4.67. The molecule has 0 aromatic rings. The molecule has 0 aromatic carbocycles. The van der Waals surface area contributed by atoms with Gasteiger partial charge in [-0.1, -0.05) is 0 Å². The molecular weight excluding hydrogens is 144 g/mol. The molecule has 2 N–H and O–H groups in total. The molecule has 7 heavy (non-hydrogen) atoms. The molecule has 0 saturated carbocycles. The summed E-state index contributed by atoms with van der Waals surface area (Å²) in [5, 5.41) is 0. The fourth-order valence-corrected chi connectivity index (χ4v) is 0. The van der Waals surface area contributed by atoms with Crippen LogP contribution in [0, 0.1) is 0 Å². The maximum atomic E-state index is 8.74. The molecule has 0 aliphatic heterocycles. The first-order valence-electron chi connectivity index (χ1n) is 1.08. The molecule has 0 bridgehead atoms. The number of halogens is 1. The summed E-state index contributed by atoms with van der Waals surface area (Å²) in [6, 6.07) is 0. The van der Waals surface area contributed by atoms with Crippen molar-refractivity contribution in [1.29, 1.82) is 0 Å². The number of alkyl halides is 1. The van der Waals surface area contributed by atoms with Crippen molar-refractivity contribution in [2.75, 3.05) is 6.38 Å². The molecule has 0 fully saturated rings. The van der Waals surface area contributed by atoms with Crippen LogP contribution in [0.25, 0.3) is 0 Å². The van der Waals surface area contributed by atoms with Gasteiger partial charge < -0.3 is 0 Å². The quantitative estimate of drug-likeness (QED) is 0.380. The minimum Gasteiger partial charge on any atom is -0.264 e. The van der Waals surface area contributed by atoms with Crippen molar-refractivity contribution >= 4 is 22.0 Å². The molecule has 0 spiro atoms. The average Bonchev–Trinajstić information content (AvgIpc) is 1.36. The highest BCUT2D eigenvalue weighted by Crippen LogP contribution is 1.59. The first kappa shape index (κ1) is 10.2. The maximum Gasteiger partial charge on any atom is 0.394 e. The molecule has 0 aliphatic carbocycles. The van der Waals surface area contributed by atoms with E-state index >= 15 is 0 Å². The molecule has 0 aromatic heterocycles. The van der Waals surface area contributed by atoms with Crippen LogP contribution in [0.1, 0.15) is 0 Å². The zero-order valence-electron chi connectivity index (χ0n) is 3.50. The highest BCUT2D eigenvalue weighted by atomic mass is 35.5. The zero-order valence-corrected chi connectivity index (χ0v) is 5.07. The Labute approximate surface area is 46.7 Å². The maximum absolute atomic E-state index is 8.74. The van der Waals surface area contributed by atoms with Gasteiger partial charge in [-0.05, 0) is 0 Å². The van der Waals surface area contributed by atoms with E-state index in [1.54, 1.807) is 0 Å². The smallest absolute Gasteiger partial charge is 0.264 e. The molecule has 4 nitrogen and oxygen atoms in total. The van der Waals surface area contributed by atoms with Gasteiger partial charge in [-0.2, -0.15) is 8.42 Å². The van der Waals surface area contributed by atoms with Crippen molar-refractivity contribution in [3.05, 3.63) is 0 Å². The van der Waals surface area contributed by atoms with Crippen LogP contribution in [-0.2, 0) is 10.4 Å². The Kier molecular flexibility index (Phi) is 6.30. The molecule has 0 rings (SSSR count). The lowest BCUT2D eigenvalue weighted by Gasteiger charge is -1.68. The third kappa shape index (κ3) is 4160. The minimum absolute atomic E-state index is 1.47. The fraction of sp³-hybridized carbons (Fsp3) is 1.00. The molecule has 46 valence electrons. The minimum atomic E-state index is -4.67. The molecule has 0 radical (unpaired) electrons. The van der Waals surface area contributed by atoms with E-state index in [1.165, 1.54) is 6.38 Å². The van der Waals surface area contributed by atoms with E-state index in [9.17, 15) is 0 Å². The first-order valence-corrected chi connectivity index (χ1v) is 3.23. The van der Waals surface area contributed by atoms with Crippen LogP contribution in [0.3, 0.4) is 0 Å². The number of hydrogen-bond acceptors (Lipinski definition) is 2. The lowest BCUT2D eigenvalue weighted by Crippen LogP contribution is -1.89. The van der Waals surface area contributed by atoms with Gasteiger partial charge in [0.2, 0.25) is 0 Å². The van der Waals surface area contributed by atoms with Crippen molar-refractivity contribution in [1.82, 2.24) is 0 Å². The predicted octanol–water partition coefficient (Wildman–Crippen LogP) is 0.202. The van der Waals surface area contributed by atoms with Crippen LogP contribution in [-0.4, -0.2) is 23.9 Å². The highest BCUT2D eigenvalue weighted by Gasteiger charge is 1.84. The van der Waals surface area contributed by atoms with Gasteiger partial charge in [-0.25, -0.2) is 0 Å². The number of rotatable bonds is 0. The SMILES string of the molecule is CCl.O=S(=O)(O)O. The lowest BCUT2D eigenvalue weighted by atomic mass is 12.0. The summed E-state index contributed by atoms with van der Waals surface area (Å²) in [6.45, 7) is 0. The Balaban J connectivity index is 0. The number of hydrogen-bond donors (Lipinski definition) is 2. The van der Waals surface area contributed by atoms with Gasteiger partial charge in [0.15, 0.2) is 0 Å². The normalized spacial score (nSPS) is 9.14. The fourth-order valence-electron chi connectivity index (χ4n) is 0. The highest BCUT2D eigenvalue weighted by molar-refractivity contribution is 7.79. The van der Waals surface area contributed by atoms with E-state index in [2.05, 4.69) is 11.6 Å². The molecule has 0 amide bonds. The molecule has 6 heteroatoms. The van der Waals surface area contributed by atoms with Crippen molar-refractivity contribution in [2.45, 2.75) is 0 Å². The van der Waals surface area contributed by atoms with E-state index in [-0.39, 0.29) is 0 Å². The third-order valence-corrected chi connectivity index (χ3v) is 0. The second-order valence-electron chi connectivity index (χ2n) is 0.448. The van der Waals surface area contributed by atoms with Crippen LogP contribution >= 0.6 is 11.6 Å². The first-order chi connectivity index (χ1) is 3.00. The Morgan fingerprint density at radius 3 is 1.29 bits per heavy atom. The summed E-state index contributed by atoms with van der Waals surface area (Å²) in [5.41, 5.74) is 0. The Morgan fingerprint density at radius 2 is 1.29 bits per heavy atom. The molecule has 0 unspecified atom stereocenters. The monoisotopic (exact) mass is 148 g/mol. The Hall–Kier alpha value is 0.160. The summed E-state index contributed by atoms with van der Waals surface area (Å²) >= 11 is 4.64.